The largest absolute Gasteiger partial charge is 0.496 e. The smallest absolute Gasteiger partial charge is 0.124 e. The van der Waals surface area contributed by atoms with Gasteiger partial charge in [-0.15, -0.1) is 0 Å². The van der Waals surface area contributed by atoms with Crippen molar-refractivity contribution in [3.05, 3.63) is 29.3 Å². The van der Waals surface area contributed by atoms with E-state index in [9.17, 15) is 0 Å². The molecule has 21 heavy (non-hydrogen) atoms. The van der Waals surface area contributed by atoms with Crippen LogP contribution in [0.5, 0.6) is 5.75 Å². The number of benzene rings is 1. The van der Waals surface area contributed by atoms with Crippen molar-refractivity contribution >= 4 is 0 Å². The van der Waals surface area contributed by atoms with Crippen molar-refractivity contribution in [3.63, 3.8) is 0 Å². The van der Waals surface area contributed by atoms with Gasteiger partial charge in [-0.1, -0.05) is 40.7 Å². The lowest BCUT2D eigenvalue weighted by atomic mass is 9.93. The molecule has 0 amide bonds. The van der Waals surface area contributed by atoms with Crippen LogP contribution in [0.1, 0.15) is 52.2 Å². The highest BCUT2D eigenvalue weighted by molar-refractivity contribution is 5.36. The van der Waals surface area contributed by atoms with E-state index in [1.165, 1.54) is 5.56 Å². The molecule has 0 spiro atoms. The van der Waals surface area contributed by atoms with Crippen LogP contribution in [0.2, 0.25) is 0 Å². The second-order valence-electron chi connectivity index (χ2n) is 7.05. The van der Waals surface area contributed by atoms with E-state index >= 15 is 0 Å². The lowest BCUT2D eigenvalue weighted by molar-refractivity contribution is 0.0947. The number of methoxy groups -OCH3 is 1. The van der Waals surface area contributed by atoms with Crippen LogP contribution in [0, 0.1) is 5.41 Å². The van der Waals surface area contributed by atoms with E-state index in [0.29, 0.717) is 18.1 Å². The third-order valence-corrected chi connectivity index (χ3v) is 3.31. The van der Waals surface area contributed by atoms with E-state index in [-0.39, 0.29) is 0 Å². The summed E-state index contributed by atoms with van der Waals surface area (Å²) in [4.78, 5) is 0. The Morgan fingerprint density at radius 2 is 1.90 bits per heavy atom. The Kier molecular flexibility index (Phi) is 7.20. The zero-order valence-electron chi connectivity index (χ0n) is 14.5. The zero-order valence-corrected chi connectivity index (χ0v) is 14.5. The standard InChI is InChI=1S/C18H31NO2/c1-14(2)19-12-15-7-8-17(20-6)16(11-15)13-21-10-9-18(3,4)5/h7-8,11,14,19H,9-10,12-13H2,1-6H3. The normalized spacial score (nSPS) is 12.0. The predicted octanol–water partition coefficient (Wildman–Crippen LogP) is 4.15. The van der Waals surface area contributed by atoms with E-state index < -0.39 is 0 Å². The molecule has 120 valence electrons. The molecule has 0 saturated carbocycles. The minimum Gasteiger partial charge on any atom is -0.496 e. The lowest BCUT2D eigenvalue weighted by Gasteiger charge is -2.18. The van der Waals surface area contributed by atoms with Crippen LogP contribution in [0.15, 0.2) is 18.2 Å². The summed E-state index contributed by atoms with van der Waals surface area (Å²) in [6.45, 7) is 13.3. The van der Waals surface area contributed by atoms with Crippen molar-refractivity contribution in [2.24, 2.45) is 5.41 Å². The molecule has 3 heteroatoms. The Hall–Kier alpha value is -1.06. The third kappa shape index (κ3) is 7.49. The van der Waals surface area contributed by atoms with Crippen molar-refractivity contribution in [2.75, 3.05) is 13.7 Å². The fraction of sp³-hybridized carbons (Fsp3) is 0.667. The minimum atomic E-state index is 0.313. The van der Waals surface area contributed by atoms with Gasteiger partial charge in [0, 0.05) is 24.8 Å². The molecular weight excluding hydrogens is 262 g/mol. The Morgan fingerprint density at radius 1 is 1.19 bits per heavy atom. The molecule has 0 aromatic heterocycles. The summed E-state index contributed by atoms with van der Waals surface area (Å²) in [6.07, 6.45) is 1.06. The SMILES string of the molecule is COc1ccc(CNC(C)C)cc1COCCC(C)(C)C. The van der Waals surface area contributed by atoms with Gasteiger partial charge in [-0.2, -0.15) is 0 Å². The molecular formula is C18H31NO2. The fourth-order valence-electron chi connectivity index (χ4n) is 1.94. The van der Waals surface area contributed by atoms with E-state index in [0.717, 1.165) is 30.9 Å². The van der Waals surface area contributed by atoms with Crippen molar-refractivity contribution in [1.29, 1.82) is 0 Å². The first-order chi connectivity index (χ1) is 9.81. The van der Waals surface area contributed by atoms with Crippen molar-refractivity contribution in [3.8, 4) is 5.75 Å². The lowest BCUT2D eigenvalue weighted by Crippen LogP contribution is -2.21. The summed E-state index contributed by atoms with van der Waals surface area (Å²) in [6, 6.07) is 6.79. The number of rotatable bonds is 8. The second kappa shape index (κ2) is 8.40. The maximum atomic E-state index is 5.82. The second-order valence-corrected chi connectivity index (χ2v) is 7.05. The Morgan fingerprint density at radius 3 is 2.48 bits per heavy atom. The molecule has 0 aliphatic heterocycles. The maximum Gasteiger partial charge on any atom is 0.124 e. The molecule has 1 aromatic rings. The van der Waals surface area contributed by atoms with Gasteiger partial charge in [-0.05, 0) is 29.5 Å². The summed E-state index contributed by atoms with van der Waals surface area (Å²) in [7, 11) is 1.71. The first-order valence-corrected chi connectivity index (χ1v) is 7.79. The first-order valence-electron chi connectivity index (χ1n) is 7.79. The molecule has 0 unspecified atom stereocenters. The fourth-order valence-corrected chi connectivity index (χ4v) is 1.94. The molecule has 1 N–H and O–H groups in total. The highest BCUT2D eigenvalue weighted by Gasteiger charge is 2.10. The Labute approximate surface area is 130 Å². The molecule has 0 atom stereocenters. The number of hydrogen-bond acceptors (Lipinski definition) is 3. The molecule has 1 aromatic carbocycles. The van der Waals surface area contributed by atoms with Gasteiger partial charge in [0.05, 0.1) is 13.7 Å². The van der Waals surface area contributed by atoms with Crippen molar-refractivity contribution < 1.29 is 9.47 Å². The maximum absolute atomic E-state index is 5.82. The molecule has 3 nitrogen and oxygen atoms in total. The van der Waals surface area contributed by atoms with Crippen LogP contribution in [-0.4, -0.2) is 19.8 Å². The molecule has 0 fully saturated rings. The summed E-state index contributed by atoms with van der Waals surface area (Å²) < 4.78 is 11.2. The summed E-state index contributed by atoms with van der Waals surface area (Å²) >= 11 is 0. The van der Waals surface area contributed by atoms with Gasteiger partial charge in [0.1, 0.15) is 5.75 Å². The molecule has 0 radical (unpaired) electrons. The average molecular weight is 293 g/mol. The van der Waals surface area contributed by atoms with Gasteiger partial charge in [-0.25, -0.2) is 0 Å². The van der Waals surface area contributed by atoms with Crippen LogP contribution in [0.4, 0.5) is 0 Å². The summed E-state index contributed by atoms with van der Waals surface area (Å²) in [5.74, 6) is 0.902. The molecule has 0 bridgehead atoms. The van der Waals surface area contributed by atoms with Gasteiger partial charge in [0.25, 0.3) is 0 Å². The van der Waals surface area contributed by atoms with Gasteiger partial charge in [0.15, 0.2) is 0 Å². The van der Waals surface area contributed by atoms with Crippen LogP contribution >= 0.6 is 0 Å². The van der Waals surface area contributed by atoms with Crippen LogP contribution in [0.25, 0.3) is 0 Å². The van der Waals surface area contributed by atoms with Gasteiger partial charge >= 0.3 is 0 Å². The Bertz CT molecular complexity index is 422. The molecule has 1 rings (SSSR count). The monoisotopic (exact) mass is 293 g/mol. The Balaban J connectivity index is 2.59. The molecule has 0 aliphatic carbocycles. The van der Waals surface area contributed by atoms with E-state index in [4.69, 9.17) is 9.47 Å². The van der Waals surface area contributed by atoms with Crippen LogP contribution in [0.3, 0.4) is 0 Å². The van der Waals surface area contributed by atoms with E-state index in [2.05, 4.69) is 52.1 Å². The molecule has 0 saturated heterocycles. The van der Waals surface area contributed by atoms with E-state index in [1.54, 1.807) is 7.11 Å². The molecule has 0 aliphatic rings. The third-order valence-electron chi connectivity index (χ3n) is 3.31. The van der Waals surface area contributed by atoms with Gasteiger partial charge in [-0.3, -0.25) is 0 Å². The van der Waals surface area contributed by atoms with E-state index in [1.807, 2.05) is 6.07 Å². The van der Waals surface area contributed by atoms with Gasteiger partial charge in [0.2, 0.25) is 0 Å². The average Bonchev–Trinajstić information content (AvgIpc) is 2.40. The van der Waals surface area contributed by atoms with Crippen molar-refractivity contribution in [2.45, 2.75) is 60.2 Å². The summed E-state index contributed by atoms with van der Waals surface area (Å²) in [5.41, 5.74) is 2.70. The minimum absolute atomic E-state index is 0.313. The van der Waals surface area contributed by atoms with Gasteiger partial charge < -0.3 is 14.8 Å². The number of hydrogen-bond donors (Lipinski definition) is 1. The zero-order chi connectivity index (χ0) is 15.9. The number of ether oxygens (including phenoxy) is 2. The number of nitrogens with one attached hydrogen (secondary N) is 1. The summed E-state index contributed by atoms with van der Waals surface area (Å²) in [5, 5.41) is 3.43. The highest BCUT2D eigenvalue weighted by Crippen LogP contribution is 2.22. The van der Waals surface area contributed by atoms with Crippen LogP contribution < -0.4 is 10.1 Å². The molecule has 0 heterocycles. The highest BCUT2D eigenvalue weighted by atomic mass is 16.5. The topological polar surface area (TPSA) is 30.5 Å². The van der Waals surface area contributed by atoms with Crippen molar-refractivity contribution in [1.82, 2.24) is 5.32 Å². The van der Waals surface area contributed by atoms with Crippen LogP contribution in [-0.2, 0) is 17.9 Å². The first kappa shape index (κ1) is 18.0. The predicted molar refractivity (Wildman–Crippen MR) is 88.7 cm³/mol. The quantitative estimate of drug-likeness (QED) is 0.731.